The number of anilines is 1. The minimum absolute atomic E-state index is 0.373. The van der Waals surface area contributed by atoms with Gasteiger partial charge in [-0.1, -0.05) is 0 Å². The van der Waals surface area contributed by atoms with Gasteiger partial charge in [-0.3, -0.25) is 9.78 Å². The lowest BCUT2D eigenvalue weighted by atomic mass is 9.74. The van der Waals surface area contributed by atoms with Gasteiger partial charge in [-0.2, -0.15) is 0 Å². The van der Waals surface area contributed by atoms with E-state index in [1.54, 1.807) is 25.3 Å². The van der Waals surface area contributed by atoms with E-state index in [4.69, 9.17) is 4.74 Å². The normalized spacial score (nSPS) is 15.7. The summed E-state index contributed by atoms with van der Waals surface area (Å²) >= 11 is 0. The Morgan fingerprint density at radius 3 is 2.53 bits per heavy atom. The number of likely N-dealkylation sites (tertiary alicyclic amines) is 1. The van der Waals surface area contributed by atoms with Crippen molar-refractivity contribution in [3.05, 3.63) is 65.6 Å². The molecule has 1 aromatic heterocycles. The van der Waals surface area contributed by atoms with Gasteiger partial charge in [-0.15, -0.1) is 0 Å². The van der Waals surface area contributed by atoms with Gasteiger partial charge in [-0.25, -0.2) is 13.2 Å². The highest BCUT2D eigenvalue weighted by atomic mass is 19.1. The number of fused-ring (bicyclic) bond motifs is 1. The summed E-state index contributed by atoms with van der Waals surface area (Å²) in [5.74, 6) is -1.89. The molecule has 1 fully saturated rings. The molecule has 36 heavy (non-hydrogen) atoms. The predicted molar refractivity (Wildman–Crippen MR) is 132 cm³/mol. The number of carboxylic acid groups (broad SMARTS) is 1. The number of hydrogen-bond acceptors (Lipinski definition) is 5. The van der Waals surface area contributed by atoms with Crippen LogP contribution in [0.15, 0.2) is 42.6 Å². The van der Waals surface area contributed by atoms with Crippen LogP contribution in [0.3, 0.4) is 0 Å². The SMILES string of the molecule is COc1ccc2ncc(F)c(CCCC3(C(=O)O)CCN(CCNc4cc(F)cc(F)c4)CC3)c2c1. The summed E-state index contributed by atoms with van der Waals surface area (Å²) in [7, 11) is 1.55. The molecule has 2 heterocycles. The van der Waals surface area contributed by atoms with E-state index in [1.165, 1.54) is 18.3 Å². The summed E-state index contributed by atoms with van der Waals surface area (Å²) < 4.78 is 46.6. The first kappa shape index (κ1) is 25.8. The molecule has 3 aromatic rings. The Balaban J connectivity index is 1.33. The fraction of sp³-hybridized carbons (Fsp3) is 0.407. The molecule has 0 spiro atoms. The number of ether oxygens (including phenoxy) is 1. The number of nitrogens with zero attached hydrogens (tertiary/aromatic N) is 2. The quantitative estimate of drug-likeness (QED) is 0.395. The molecule has 0 unspecified atom stereocenters. The predicted octanol–water partition coefficient (Wildman–Crippen LogP) is 5.26. The number of benzene rings is 2. The number of carboxylic acids is 1. The Bertz CT molecular complexity index is 1210. The van der Waals surface area contributed by atoms with Crippen molar-refractivity contribution in [1.82, 2.24) is 9.88 Å². The fourth-order valence-corrected chi connectivity index (χ4v) is 4.98. The molecule has 1 saturated heterocycles. The number of methoxy groups -OCH3 is 1. The number of carbonyl (C=O) groups is 1. The molecule has 4 rings (SSSR count). The second kappa shape index (κ2) is 11.2. The third kappa shape index (κ3) is 5.90. The van der Waals surface area contributed by atoms with Gasteiger partial charge < -0.3 is 20.1 Å². The maximum absolute atomic E-state index is 14.6. The molecule has 0 amide bonds. The van der Waals surface area contributed by atoms with E-state index >= 15 is 0 Å². The molecule has 1 aliphatic rings. The Hall–Kier alpha value is -3.33. The molecule has 0 radical (unpaired) electrons. The third-order valence-electron chi connectivity index (χ3n) is 7.10. The first-order valence-electron chi connectivity index (χ1n) is 12.1. The minimum Gasteiger partial charge on any atom is -0.497 e. The second-order valence-corrected chi connectivity index (χ2v) is 9.33. The molecule has 0 saturated carbocycles. The number of aromatic nitrogens is 1. The summed E-state index contributed by atoms with van der Waals surface area (Å²) in [5, 5.41) is 13.7. The first-order chi connectivity index (χ1) is 17.3. The van der Waals surface area contributed by atoms with Gasteiger partial charge in [0.25, 0.3) is 0 Å². The number of rotatable bonds is 10. The van der Waals surface area contributed by atoms with Gasteiger partial charge in [-0.05, 0) is 81.1 Å². The van der Waals surface area contributed by atoms with Gasteiger partial charge >= 0.3 is 5.97 Å². The van der Waals surface area contributed by atoms with E-state index in [9.17, 15) is 23.1 Å². The van der Waals surface area contributed by atoms with Gasteiger partial charge in [0.15, 0.2) is 0 Å². The van der Waals surface area contributed by atoms with Crippen molar-refractivity contribution in [2.45, 2.75) is 32.1 Å². The summed E-state index contributed by atoms with van der Waals surface area (Å²) in [6.45, 7) is 2.33. The monoisotopic (exact) mass is 501 g/mol. The topological polar surface area (TPSA) is 74.7 Å². The van der Waals surface area contributed by atoms with Crippen LogP contribution in [0.5, 0.6) is 5.75 Å². The molecular formula is C27H30F3N3O3. The second-order valence-electron chi connectivity index (χ2n) is 9.33. The van der Waals surface area contributed by atoms with Crippen LogP contribution in [-0.2, 0) is 11.2 Å². The van der Waals surface area contributed by atoms with E-state index in [1.807, 2.05) is 0 Å². The Labute approximate surface area is 208 Å². The molecule has 0 aliphatic carbocycles. The van der Waals surface area contributed by atoms with E-state index in [-0.39, 0.29) is 0 Å². The van der Waals surface area contributed by atoms with Crippen molar-refractivity contribution >= 4 is 22.6 Å². The summed E-state index contributed by atoms with van der Waals surface area (Å²) in [5.41, 5.74) is 0.713. The van der Waals surface area contributed by atoms with Crippen LogP contribution in [0.4, 0.5) is 18.9 Å². The van der Waals surface area contributed by atoms with Crippen LogP contribution < -0.4 is 10.1 Å². The Morgan fingerprint density at radius 2 is 1.86 bits per heavy atom. The van der Waals surface area contributed by atoms with Crippen LogP contribution in [0.25, 0.3) is 10.9 Å². The maximum atomic E-state index is 14.6. The number of hydrogen-bond donors (Lipinski definition) is 2. The van der Waals surface area contributed by atoms with E-state index in [0.29, 0.717) is 86.2 Å². The average Bonchev–Trinajstić information content (AvgIpc) is 2.85. The van der Waals surface area contributed by atoms with Crippen molar-refractivity contribution in [3.8, 4) is 5.75 Å². The molecule has 6 nitrogen and oxygen atoms in total. The van der Waals surface area contributed by atoms with Crippen LogP contribution in [0.1, 0.15) is 31.2 Å². The van der Waals surface area contributed by atoms with E-state index < -0.39 is 28.8 Å². The van der Waals surface area contributed by atoms with Crippen molar-refractivity contribution in [1.29, 1.82) is 0 Å². The molecule has 2 N–H and O–H groups in total. The van der Waals surface area contributed by atoms with Gasteiger partial charge in [0.1, 0.15) is 23.2 Å². The lowest BCUT2D eigenvalue weighted by Gasteiger charge is -2.39. The Morgan fingerprint density at radius 1 is 1.14 bits per heavy atom. The number of nitrogens with one attached hydrogen (secondary N) is 1. The zero-order valence-electron chi connectivity index (χ0n) is 20.2. The van der Waals surface area contributed by atoms with Crippen molar-refractivity contribution in [2.24, 2.45) is 5.41 Å². The maximum Gasteiger partial charge on any atom is 0.309 e. The zero-order chi connectivity index (χ0) is 25.7. The Kier molecular flexibility index (Phi) is 7.98. The van der Waals surface area contributed by atoms with E-state index in [0.717, 1.165) is 6.07 Å². The number of pyridine rings is 1. The molecule has 192 valence electrons. The lowest BCUT2D eigenvalue weighted by Crippen LogP contribution is -2.45. The molecule has 1 aliphatic heterocycles. The highest BCUT2D eigenvalue weighted by Crippen LogP contribution is 2.37. The molecular weight excluding hydrogens is 471 g/mol. The molecule has 2 aromatic carbocycles. The third-order valence-corrected chi connectivity index (χ3v) is 7.10. The summed E-state index contributed by atoms with van der Waals surface area (Å²) in [4.78, 5) is 18.5. The molecule has 9 heteroatoms. The average molecular weight is 502 g/mol. The smallest absolute Gasteiger partial charge is 0.309 e. The number of halogens is 3. The van der Waals surface area contributed by atoms with Gasteiger partial charge in [0.05, 0.1) is 24.2 Å². The highest BCUT2D eigenvalue weighted by Gasteiger charge is 2.40. The van der Waals surface area contributed by atoms with E-state index in [2.05, 4.69) is 15.2 Å². The van der Waals surface area contributed by atoms with Crippen molar-refractivity contribution < 1.29 is 27.8 Å². The van der Waals surface area contributed by atoms with Gasteiger partial charge in [0.2, 0.25) is 0 Å². The zero-order valence-corrected chi connectivity index (χ0v) is 20.2. The van der Waals surface area contributed by atoms with Crippen LogP contribution >= 0.6 is 0 Å². The van der Waals surface area contributed by atoms with Gasteiger partial charge in [0, 0.05) is 30.2 Å². The molecule has 0 bridgehead atoms. The van der Waals surface area contributed by atoms with Crippen molar-refractivity contribution in [3.63, 3.8) is 0 Å². The summed E-state index contributed by atoms with van der Waals surface area (Å²) in [6.07, 6.45) is 3.58. The highest BCUT2D eigenvalue weighted by molar-refractivity contribution is 5.83. The summed E-state index contributed by atoms with van der Waals surface area (Å²) in [6, 6.07) is 8.61. The minimum atomic E-state index is -0.855. The number of aliphatic carboxylic acids is 1. The van der Waals surface area contributed by atoms with Crippen LogP contribution in [-0.4, -0.2) is 54.2 Å². The van der Waals surface area contributed by atoms with Crippen molar-refractivity contribution in [2.75, 3.05) is 38.6 Å². The van der Waals surface area contributed by atoms with Crippen LogP contribution in [0.2, 0.25) is 0 Å². The lowest BCUT2D eigenvalue weighted by molar-refractivity contribution is -0.152. The van der Waals surface area contributed by atoms with Crippen LogP contribution in [0, 0.1) is 22.9 Å². The standard InChI is InChI=1S/C27H30F3N3O3/c1-36-21-4-5-25-23(16-21)22(24(30)17-32-25)3-2-6-27(26(34)35)7-10-33(11-8-27)12-9-31-20-14-18(28)13-19(29)15-20/h4-5,13-17,31H,2-3,6-12H2,1H3,(H,34,35). The first-order valence-corrected chi connectivity index (χ1v) is 12.1. The fourth-order valence-electron chi connectivity index (χ4n) is 4.98. The molecule has 0 atom stereocenters. The number of piperidine rings is 1. The number of aryl methyl sites for hydroxylation is 1. The largest absolute Gasteiger partial charge is 0.497 e.